The summed E-state index contributed by atoms with van der Waals surface area (Å²) in [5.74, 6) is -0.250. The van der Waals surface area contributed by atoms with Crippen LogP contribution in [0.1, 0.15) is 40.0 Å². The van der Waals surface area contributed by atoms with Gasteiger partial charge in [0.15, 0.2) is 0 Å². The number of amides is 4. The maximum atomic E-state index is 12.9. The molecule has 2 aliphatic rings. The van der Waals surface area contributed by atoms with Crippen LogP contribution in [0.2, 0.25) is 0 Å². The zero-order valence-electron chi connectivity index (χ0n) is 15.4. The molecule has 2 atom stereocenters. The van der Waals surface area contributed by atoms with Gasteiger partial charge in [-0.1, -0.05) is 18.2 Å². The highest BCUT2D eigenvalue weighted by Gasteiger charge is 2.45. The van der Waals surface area contributed by atoms with Gasteiger partial charge in [-0.15, -0.1) is 0 Å². The second-order valence-corrected chi connectivity index (χ2v) is 7.71. The molecule has 2 fully saturated rings. The number of benzene rings is 1. The summed E-state index contributed by atoms with van der Waals surface area (Å²) in [6.07, 6.45) is 1.14. The lowest BCUT2D eigenvalue weighted by Crippen LogP contribution is -2.65. The summed E-state index contributed by atoms with van der Waals surface area (Å²) >= 11 is 0. The molecular formula is C19H25N3O4. The third-order valence-electron chi connectivity index (χ3n) is 4.57. The summed E-state index contributed by atoms with van der Waals surface area (Å²) in [6, 6.07) is 7.98. The Morgan fingerprint density at radius 1 is 1.19 bits per heavy atom. The summed E-state index contributed by atoms with van der Waals surface area (Å²) in [6.45, 7) is 5.97. The molecule has 0 spiro atoms. The van der Waals surface area contributed by atoms with Crippen molar-refractivity contribution in [2.24, 2.45) is 0 Å². The Bertz CT molecular complexity index is 698. The highest BCUT2D eigenvalue weighted by molar-refractivity contribution is 6.16. The fourth-order valence-electron chi connectivity index (χ4n) is 3.51. The number of fused-ring (bicyclic) bond motifs is 1. The van der Waals surface area contributed by atoms with E-state index < -0.39 is 11.7 Å². The molecule has 2 heterocycles. The molecule has 0 aliphatic carbocycles. The van der Waals surface area contributed by atoms with Crippen LogP contribution in [0.15, 0.2) is 30.3 Å². The van der Waals surface area contributed by atoms with E-state index in [1.807, 2.05) is 6.07 Å². The van der Waals surface area contributed by atoms with Crippen molar-refractivity contribution in [2.75, 3.05) is 11.4 Å². The van der Waals surface area contributed by atoms with Gasteiger partial charge in [-0.2, -0.15) is 0 Å². The van der Waals surface area contributed by atoms with Gasteiger partial charge in [0.1, 0.15) is 5.60 Å². The van der Waals surface area contributed by atoms with E-state index in [0.29, 0.717) is 18.7 Å². The first-order valence-corrected chi connectivity index (χ1v) is 8.94. The summed E-state index contributed by atoms with van der Waals surface area (Å²) in [5.41, 5.74) is -0.0241. The molecule has 140 valence electrons. The van der Waals surface area contributed by atoms with E-state index in [9.17, 15) is 14.4 Å². The minimum atomic E-state index is -0.596. The molecule has 1 aromatic rings. The first kappa shape index (κ1) is 18.2. The molecule has 26 heavy (non-hydrogen) atoms. The Morgan fingerprint density at radius 3 is 2.54 bits per heavy atom. The SMILES string of the molecule is CC(C)(C)OC(=O)NC1CCCN2C(=O)N(c3ccccc3)C(=O)CC12. The smallest absolute Gasteiger partial charge is 0.407 e. The molecule has 7 heteroatoms. The average molecular weight is 359 g/mol. The Kier molecular flexibility index (Phi) is 4.89. The fraction of sp³-hybridized carbons (Fsp3) is 0.526. The highest BCUT2D eigenvalue weighted by Crippen LogP contribution is 2.30. The second-order valence-electron chi connectivity index (χ2n) is 7.71. The van der Waals surface area contributed by atoms with E-state index in [4.69, 9.17) is 4.74 Å². The minimum Gasteiger partial charge on any atom is -0.444 e. The number of ether oxygens (including phenoxy) is 1. The lowest BCUT2D eigenvalue weighted by Gasteiger charge is -2.46. The fourth-order valence-corrected chi connectivity index (χ4v) is 3.51. The van der Waals surface area contributed by atoms with Gasteiger partial charge in [0.25, 0.3) is 0 Å². The van der Waals surface area contributed by atoms with Crippen molar-refractivity contribution in [3.63, 3.8) is 0 Å². The average Bonchev–Trinajstić information content (AvgIpc) is 2.55. The van der Waals surface area contributed by atoms with Crippen LogP contribution < -0.4 is 10.2 Å². The van der Waals surface area contributed by atoms with Crippen molar-refractivity contribution >= 4 is 23.7 Å². The van der Waals surface area contributed by atoms with Crippen LogP contribution in [0.25, 0.3) is 0 Å². The molecule has 1 aromatic carbocycles. The molecular weight excluding hydrogens is 334 g/mol. The predicted molar refractivity (Wildman–Crippen MR) is 96.8 cm³/mol. The van der Waals surface area contributed by atoms with Gasteiger partial charge in [-0.25, -0.2) is 14.5 Å². The molecule has 2 unspecified atom stereocenters. The molecule has 2 aliphatic heterocycles. The highest BCUT2D eigenvalue weighted by atomic mass is 16.6. The summed E-state index contributed by atoms with van der Waals surface area (Å²) in [5, 5.41) is 2.84. The van der Waals surface area contributed by atoms with Crippen LogP contribution in [0.3, 0.4) is 0 Å². The number of rotatable bonds is 2. The monoisotopic (exact) mass is 359 g/mol. The molecule has 0 aromatic heterocycles. The van der Waals surface area contributed by atoms with Gasteiger partial charge in [-0.3, -0.25) is 4.79 Å². The van der Waals surface area contributed by atoms with Crippen LogP contribution in [0.5, 0.6) is 0 Å². The summed E-state index contributed by atoms with van der Waals surface area (Å²) in [7, 11) is 0. The van der Waals surface area contributed by atoms with E-state index in [2.05, 4.69) is 5.32 Å². The molecule has 0 bridgehead atoms. The largest absolute Gasteiger partial charge is 0.444 e. The molecule has 4 amide bonds. The number of hydrogen-bond donors (Lipinski definition) is 1. The zero-order chi connectivity index (χ0) is 18.9. The van der Waals surface area contributed by atoms with Crippen LogP contribution in [-0.2, 0) is 9.53 Å². The first-order chi connectivity index (χ1) is 12.3. The molecule has 2 saturated heterocycles. The topological polar surface area (TPSA) is 79.0 Å². The van der Waals surface area contributed by atoms with Crippen LogP contribution in [0.4, 0.5) is 15.3 Å². The Balaban J connectivity index is 1.75. The van der Waals surface area contributed by atoms with E-state index in [-0.39, 0.29) is 30.4 Å². The maximum absolute atomic E-state index is 12.9. The number of carbonyl (C=O) groups excluding carboxylic acids is 3. The van der Waals surface area contributed by atoms with Crippen molar-refractivity contribution in [3.05, 3.63) is 30.3 Å². The lowest BCUT2D eigenvalue weighted by molar-refractivity contribution is -0.121. The number of urea groups is 1. The van der Waals surface area contributed by atoms with Gasteiger partial charge in [0.05, 0.1) is 24.2 Å². The molecule has 0 saturated carbocycles. The van der Waals surface area contributed by atoms with Gasteiger partial charge in [0, 0.05) is 6.54 Å². The van der Waals surface area contributed by atoms with Crippen molar-refractivity contribution < 1.29 is 19.1 Å². The van der Waals surface area contributed by atoms with Crippen molar-refractivity contribution in [3.8, 4) is 0 Å². The molecule has 0 radical (unpaired) electrons. The van der Waals surface area contributed by atoms with Crippen molar-refractivity contribution in [2.45, 2.75) is 57.7 Å². The normalized spacial score (nSPS) is 23.5. The number of anilines is 1. The third kappa shape index (κ3) is 3.81. The number of imide groups is 1. The standard InChI is InChI=1S/C19H25N3O4/c1-19(2,3)26-17(24)20-14-10-7-11-21-15(14)12-16(23)22(18(21)25)13-8-5-4-6-9-13/h4-6,8-9,14-15H,7,10-12H2,1-3H3,(H,20,24). The Hall–Kier alpha value is -2.57. The van der Waals surface area contributed by atoms with Gasteiger partial charge >= 0.3 is 12.1 Å². The van der Waals surface area contributed by atoms with Gasteiger partial charge in [0.2, 0.25) is 5.91 Å². The quantitative estimate of drug-likeness (QED) is 0.881. The number of nitrogens with zero attached hydrogens (tertiary/aromatic N) is 2. The molecule has 1 N–H and O–H groups in total. The predicted octanol–water partition coefficient (Wildman–Crippen LogP) is 2.90. The van der Waals surface area contributed by atoms with E-state index in [1.54, 1.807) is 49.9 Å². The number of nitrogens with one attached hydrogen (secondary N) is 1. The summed E-state index contributed by atoms with van der Waals surface area (Å²) in [4.78, 5) is 40.6. The zero-order valence-corrected chi connectivity index (χ0v) is 15.4. The number of piperidine rings is 1. The van der Waals surface area contributed by atoms with Crippen LogP contribution in [0, 0.1) is 0 Å². The number of alkyl carbamates (subject to hydrolysis) is 1. The minimum absolute atomic E-state index is 0.182. The van der Waals surface area contributed by atoms with E-state index >= 15 is 0 Å². The third-order valence-corrected chi connectivity index (χ3v) is 4.57. The second kappa shape index (κ2) is 6.97. The molecule has 3 rings (SSSR count). The van der Waals surface area contributed by atoms with Crippen LogP contribution in [-0.4, -0.2) is 47.2 Å². The first-order valence-electron chi connectivity index (χ1n) is 8.94. The van der Waals surface area contributed by atoms with E-state index in [1.165, 1.54) is 4.90 Å². The van der Waals surface area contributed by atoms with Crippen molar-refractivity contribution in [1.82, 2.24) is 10.2 Å². The van der Waals surface area contributed by atoms with Crippen LogP contribution >= 0.6 is 0 Å². The van der Waals surface area contributed by atoms with E-state index in [0.717, 1.165) is 6.42 Å². The maximum Gasteiger partial charge on any atom is 0.407 e. The Morgan fingerprint density at radius 2 is 1.88 bits per heavy atom. The Labute approximate surface area is 153 Å². The lowest BCUT2D eigenvalue weighted by atomic mass is 9.91. The number of para-hydroxylation sites is 1. The molecule has 7 nitrogen and oxygen atoms in total. The number of carbonyl (C=O) groups is 3. The van der Waals surface area contributed by atoms with Gasteiger partial charge in [-0.05, 0) is 45.7 Å². The number of hydrogen-bond acceptors (Lipinski definition) is 4. The van der Waals surface area contributed by atoms with Crippen molar-refractivity contribution in [1.29, 1.82) is 0 Å². The van der Waals surface area contributed by atoms with Gasteiger partial charge < -0.3 is 15.0 Å². The summed E-state index contributed by atoms with van der Waals surface area (Å²) < 4.78 is 5.32.